The van der Waals surface area contributed by atoms with Gasteiger partial charge >= 0.3 is 0 Å². The summed E-state index contributed by atoms with van der Waals surface area (Å²) >= 11 is 11.9. The Labute approximate surface area is 116 Å². The second-order valence-corrected chi connectivity index (χ2v) is 4.79. The third kappa shape index (κ3) is 3.25. The monoisotopic (exact) mass is 284 g/mol. The van der Waals surface area contributed by atoms with Crippen LogP contribution < -0.4 is 5.32 Å². The molecule has 0 aliphatic carbocycles. The molecule has 18 heavy (non-hydrogen) atoms. The van der Waals surface area contributed by atoms with E-state index >= 15 is 0 Å². The molecule has 5 heteroatoms. The second kappa shape index (κ2) is 6.23. The molecule has 0 radical (unpaired) electrons. The highest BCUT2D eigenvalue weighted by Gasteiger charge is 2.10. The minimum absolute atomic E-state index is 0.518. The minimum Gasteiger partial charge on any atom is -0.444 e. The molecule has 0 bridgehead atoms. The molecule has 0 amide bonds. The third-order valence-corrected chi connectivity index (χ3v) is 2.99. The Bertz CT molecular complexity index is 525. The van der Waals surface area contributed by atoms with Gasteiger partial charge < -0.3 is 9.73 Å². The van der Waals surface area contributed by atoms with E-state index in [9.17, 15) is 0 Å². The van der Waals surface area contributed by atoms with E-state index < -0.39 is 0 Å². The molecule has 0 aliphatic heterocycles. The number of benzene rings is 1. The Morgan fingerprint density at radius 2 is 2.17 bits per heavy atom. The SMILES string of the molecule is CCCNCc1coc(-c2ccc(Cl)cc2Cl)n1. The predicted octanol–water partition coefficient (Wildman–Crippen LogP) is 4.15. The number of hydrogen-bond donors (Lipinski definition) is 1. The molecule has 0 aliphatic rings. The summed E-state index contributed by atoms with van der Waals surface area (Å²) in [4.78, 5) is 4.39. The highest BCUT2D eigenvalue weighted by atomic mass is 35.5. The van der Waals surface area contributed by atoms with Crippen LogP contribution in [0.3, 0.4) is 0 Å². The van der Waals surface area contributed by atoms with E-state index in [-0.39, 0.29) is 0 Å². The highest BCUT2D eigenvalue weighted by Crippen LogP contribution is 2.29. The number of hydrogen-bond acceptors (Lipinski definition) is 3. The van der Waals surface area contributed by atoms with E-state index in [1.54, 1.807) is 24.5 Å². The maximum absolute atomic E-state index is 6.10. The molecule has 3 nitrogen and oxygen atoms in total. The molecule has 0 unspecified atom stereocenters. The zero-order valence-corrected chi connectivity index (χ0v) is 11.6. The van der Waals surface area contributed by atoms with E-state index in [0.29, 0.717) is 22.5 Å². The number of nitrogens with one attached hydrogen (secondary N) is 1. The Morgan fingerprint density at radius 3 is 2.89 bits per heavy atom. The maximum Gasteiger partial charge on any atom is 0.227 e. The summed E-state index contributed by atoms with van der Waals surface area (Å²) in [6.07, 6.45) is 2.73. The van der Waals surface area contributed by atoms with Gasteiger partial charge in [0.05, 0.1) is 16.3 Å². The molecule has 0 spiro atoms. The molecule has 0 saturated carbocycles. The first-order chi connectivity index (χ1) is 8.70. The van der Waals surface area contributed by atoms with E-state index in [1.165, 1.54) is 0 Å². The lowest BCUT2D eigenvalue weighted by Crippen LogP contribution is -2.13. The van der Waals surface area contributed by atoms with E-state index in [2.05, 4.69) is 17.2 Å². The Balaban J connectivity index is 2.13. The van der Waals surface area contributed by atoms with Gasteiger partial charge in [-0.2, -0.15) is 0 Å². The molecule has 2 rings (SSSR count). The molecule has 2 aromatic rings. The van der Waals surface area contributed by atoms with Crippen LogP contribution in [-0.2, 0) is 6.54 Å². The van der Waals surface area contributed by atoms with Gasteiger partial charge in [-0.3, -0.25) is 0 Å². The zero-order valence-electron chi connectivity index (χ0n) is 10.0. The Hall–Kier alpha value is -1.03. The first-order valence-corrected chi connectivity index (χ1v) is 6.57. The van der Waals surface area contributed by atoms with Crippen LogP contribution in [0.4, 0.5) is 0 Å². The highest BCUT2D eigenvalue weighted by molar-refractivity contribution is 6.36. The number of oxazole rings is 1. The number of rotatable bonds is 5. The molecular weight excluding hydrogens is 271 g/mol. The minimum atomic E-state index is 0.518. The largest absolute Gasteiger partial charge is 0.444 e. The summed E-state index contributed by atoms with van der Waals surface area (Å²) in [5.41, 5.74) is 1.62. The average molecular weight is 285 g/mol. The maximum atomic E-state index is 6.10. The summed E-state index contributed by atoms with van der Waals surface area (Å²) in [5, 5.41) is 4.40. The van der Waals surface area contributed by atoms with Crippen molar-refractivity contribution in [3.05, 3.63) is 40.2 Å². The third-order valence-electron chi connectivity index (χ3n) is 2.45. The molecule has 0 fully saturated rings. The molecule has 0 atom stereocenters. The molecule has 1 N–H and O–H groups in total. The van der Waals surface area contributed by atoms with Gasteiger partial charge in [0, 0.05) is 11.6 Å². The summed E-state index contributed by atoms with van der Waals surface area (Å²) < 4.78 is 5.42. The lowest BCUT2D eigenvalue weighted by Gasteiger charge is -1.99. The topological polar surface area (TPSA) is 38.1 Å². The van der Waals surface area contributed by atoms with Gasteiger partial charge in [-0.1, -0.05) is 30.1 Å². The van der Waals surface area contributed by atoms with Crippen molar-refractivity contribution in [3.63, 3.8) is 0 Å². The Kier molecular flexibility index (Phi) is 4.64. The van der Waals surface area contributed by atoms with Crippen LogP contribution in [0.2, 0.25) is 10.0 Å². The first-order valence-electron chi connectivity index (χ1n) is 5.81. The van der Waals surface area contributed by atoms with Gasteiger partial charge in [0.2, 0.25) is 5.89 Å². The summed E-state index contributed by atoms with van der Waals surface area (Å²) in [7, 11) is 0. The van der Waals surface area contributed by atoms with Crippen LogP contribution in [0, 0.1) is 0 Å². The van der Waals surface area contributed by atoms with Crippen LogP contribution in [0.15, 0.2) is 28.9 Å². The second-order valence-electron chi connectivity index (χ2n) is 3.94. The van der Waals surface area contributed by atoms with Gasteiger partial charge in [0.25, 0.3) is 0 Å². The quantitative estimate of drug-likeness (QED) is 0.839. The molecule has 1 aromatic carbocycles. The Morgan fingerprint density at radius 1 is 1.33 bits per heavy atom. The lowest BCUT2D eigenvalue weighted by atomic mass is 10.2. The fourth-order valence-electron chi connectivity index (χ4n) is 1.57. The van der Waals surface area contributed by atoms with Crippen molar-refractivity contribution in [2.24, 2.45) is 0 Å². The fourth-order valence-corrected chi connectivity index (χ4v) is 2.06. The summed E-state index contributed by atoms with van der Waals surface area (Å²) in [6.45, 7) is 3.78. The van der Waals surface area contributed by atoms with Crippen molar-refractivity contribution in [3.8, 4) is 11.5 Å². The van der Waals surface area contributed by atoms with Gasteiger partial charge in [-0.15, -0.1) is 0 Å². The normalized spacial score (nSPS) is 10.8. The standard InChI is InChI=1S/C13H14Cl2N2O/c1-2-5-16-7-10-8-18-13(17-10)11-4-3-9(14)6-12(11)15/h3-4,6,8,16H,2,5,7H2,1H3. The van der Waals surface area contributed by atoms with Crippen molar-refractivity contribution < 1.29 is 4.42 Å². The van der Waals surface area contributed by atoms with E-state index in [4.69, 9.17) is 27.6 Å². The molecule has 96 valence electrons. The van der Waals surface area contributed by atoms with Crippen molar-refractivity contribution in [2.75, 3.05) is 6.54 Å². The first kappa shape index (κ1) is 13.4. The van der Waals surface area contributed by atoms with Gasteiger partial charge in [-0.25, -0.2) is 4.98 Å². The van der Waals surface area contributed by atoms with Crippen LogP contribution in [0.25, 0.3) is 11.5 Å². The number of nitrogens with zero attached hydrogens (tertiary/aromatic N) is 1. The van der Waals surface area contributed by atoms with Crippen molar-refractivity contribution in [1.82, 2.24) is 10.3 Å². The number of aromatic nitrogens is 1. The van der Waals surface area contributed by atoms with Gasteiger partial charge in [0.1, 0.15) is 6.26 Å². The van der Waals surface area contributed by atoms with Crippen molar-refractivity contribution in [2.45, 2.75) is 19.9 Å². The van der Waals surface area contributed by atoms with Crippen LogP contribution in [0.5, 0.6) is 0 Å². The molecule has 1 heterocycles. The van der Waals surface area contributed by atoms with Crippen LogP contribution >= 0.6 is 23.2 Å². The lowest BCUT2D eigenvalue weighted by molar-refractivity contribution is 0.570. The van der Waals surface area contributed by atoms with Crippen LogP contribution in [-0.4, -0.2) is 11.5 Å². The van der Waals surface area contributed by atoms with Crippen molar-refractivity contribution >= 4 is 23.2 Å². The van der Waals surface area contributed by atoms with Crippen molar-refractivity contribution in [1.29, 1.82) is 0 Å². The number of halogens is 2. The van der Waals surface area contributed by atoms with E-state index in [0.717, 1.165) is 24.2 Å². The molecule has 0 saturated heterocycles. The fraction of sp³-hybridized carbons (Fsp3) is 0.308. The average Bonchev–Trinajstić information content (AvgIpc) is 2.78. The van der Waals surface area contributed by atoms with Gasteiger partial charge in [-0.05, 0) is 31.2 Å². The predicted molar refractivity (Wildman–Crippen MR) is 74.0 cm³/mol. The van der Waals surface area contributed by atoms with Gasteiger partial charge in [0.15, 0.2) is 0 Å². The summed E-state index contributed by atoms with van der Waals surface area (Å²) in [5.74, 6) is 0.518. The van der Waals surface area contributed by atoms with Crippen LogP contribution in [0.1, 0.15) is 19.0 Å². The molecule has 1 aromatic heterocycles. The smallest absolute Gasteiger partial charge is 0.227 e. The molecular formula is C13H14Cl2N2O. The van der Waals surface area contributed by atoms with E-state index in [1.807, 2.05) is 0 Å². The zero-order chi connectivity index (χ0) is 13.0. The summed E-state index contributed by atoms with van der Waals surface area (Å²) in [6, 6.07) is 5.25.